The van der Waals surface area contributed by atoms with Gasteiger partial charge in [-0.1, -0.05) is 62.4 Å². The number of hydrogen-bond acceptors (Lipinski definition) is 4. The van der Waals surface area contributed by atoms with Crippen molar-refractivity contribution < 1.29 is 24.2 Å². The molecule has 2 aromatic carbocycles. The summed E-state index contributed by atoms with van der Waals surface area (Å²) in [6.07, 6.45) is -0.689. The fraction of sp³-hybridized carbons (Fsp3) is 0.444. The van der Waals surface area contributed by atoms with Crippen molar-refractivity contribution in [1.29, 1.82) is 0 Å². The number of hydrogen-bond donors (Lipinski definition) is 3. The van der Waals surface area contributed by atoms with E-state index in [9.17, 15) is 19.5 Å². The SMILES string of the molecule is CC(C)[C@H](NC(=O)OCC1c2ccccc2-c2ccccc21)C(=O)NC(C)(C)C(C)(C)C(=O)O. The Morgan fingerprint density at radius 2 is 1.44 bits per heavy atom. The predicted octanol–water partition coefficient (Wildman–Crippen LogP) is 4.56. The third-order valence-corrected chi connectivity index (χ3v) is 7.10. The topological polar surface area (TPSA) is 105 Å². The molecule has 2 amide bonds. The Morgan fingerprint density at radius 3 is 1.91 bits per heavy atom. The molecule has 182 valence electrons. The Kier molecular flexibility index (Phi) is 7.05. The summed E-state index contributed by atoms with van der Waals surface area (Å²) in [4.78, 5) is 37.4. The van der Waals surface area contributed by atoms with Gasteiger partial charge in [0.2, 0.25) is 5.91 Å². The average molecular weight is 467 g/mol. The summed E-state index contributed by atoms with van der Waals surface area (Å²) < 4.78 is 5.58. The zero-order valence-electron chi connectivity index (χ0n) is 20.6. The van der Waals surface area contributed by atoms with E-state index < -0.39 is 35.0 Å². The van der Waals surface area contributed by atoms with Crippen LogP contribution in [0.1, 0.15) is 58.6 Å². The van der Waals surface area contributed by atoms with Crippen molar-refractivity contribution in [3.63, 3.8) is 0 Å². The van der Waals surface area contributed by atoms with Crippen molar-refractivity contribution in [2.75, 3.05) is 6.61 Å². The van der Waals surface area contributed by atoms with Crippen molar-refractivity contribution in [3.05, 3.63) is 59.7 Å². The molecule has 0 saturated carbocycles. The molecule has 7 nitrogen and oxygen atoms in total. The van der Waals surface area contributed by atoms with Crippen LogP contribution in [0.2, 0.25) is 0 Å². The van der Waals surface area contributed by atoms with Gasteiger partial charge in [-0.25, -0.2) is 4.79 Å². The van der Waals surface area contributed by atoms with E-state index in [1.54, 1.807) is 27.7 Å². The van der Waals surface area contributed by atoms with Gasteiger partial charge in [-0.3, -0.25) is 9.59 Å². The Balaban J connectivity index is 1.68. The molecule has 0 heterocycles. The van der Waals surface area contributed by atoms with Gasteiger partial charge in [-0.2, -0.15) is 0 Å². The minimum Gasteiger partial charge on any atom is -0.481 e. The first kappa shape index (κ1) is 25.3. The van der Waals surface area contributed by atoms with Gasteiger partial charge in [-0.15, -0.1) is 0 Å². The maximum atomic E-state index is 13.0. The summed E-state index contributed by atoms with van der Waals surface area (Å²) in [6.45, 7) is 10.2. The number of fused-ring (bicyclic) bond motifs is 3. The lowest BCUT2D eigenvalue weighted by atomic mass is 9.74. The molecule has 2 aromatic rings. The summed E-state index contributed by atoms with van der Waals surface area (Å²) in [5.74, 6) is -1.80. The van der Waals surface area contributed by atoms with Crippen molar-refractivity contribution in [1.82, 2.24) is 10.6 Å². The van der Waals surface area contributed by atoms with Crippen LogP contribution in [-0.2, 0) is 14.3 Å². The Hall–Kier alpha value is -3.35. The van der Waals surface area contributed by atoms with E-state index in [4.69, 9.17) is 4.74 Å². The first-order chi connectivity index (χ1) is 15.9. The fourth-order valence-corrected chi connectivity index (χ4v) is 4.11. The third kappa shape index (κ3) is 4.79. The van der Waals surface area contributed by atoms with Gasteiger partial charge in [0, 0.05) is 5.92 Å². The van der Waals surface area contributed by atoms with Crippen LogP contribution in [0.5, 0.6) is 0 Å². The zero-order chi connectivity index (χ0) is 25.3. The number of amides is 2. The minimum absolute atomic E-state index is 0.0835. The van der Waals surface area contributed by atoms with Gasteiger partial charge >= 0.3 is 12.1 Å². The molecule has 0 saturated heterocycles. The summed E-state index contributed by atoms with van der Waals surface area (Å²) >= 11 is 0. The van der Waals surface area contributed by atoms with Crippen molar-refractivity contribution in [2.45, 2.75) is 59.0 Å². The van der Waals surface area contributed by atoms with Crippen LogP contribution >= 0.6 is 0 Å². The maximum absolute atomic E-state index is 13.0. The first-order valence-electron chi connectivity index (χ1n) is 11.5. The number of carbonyl (C=O) groups is 3. The molecule has 0 aromatic heterocycles. The molecule has 34 heavy (non-hydrogen) atoms. The lowest BCUT2D eigenvalue weighted by molar-refractivity contribution is -0.152. The molecule has 0 unspecified atom stereocenters. The summed E-state index contributed by atoms with van der Waals surface area (Å²) in [5, 5.41) is 15.0. The molecule has 0 spiro atoms. The molecule has 3 N–H and O–H groups in total. The number of carboxylic acids is 1. The van der Waals surface area contributed by atoms with Crippen LogP contribution in [0.25, 0.3) is 11.1 Å². The summed E-state index contributed by atoms with van der Waals surface area (Å²) in [5.41, 5.74) is 2.21. The highest BCUT2D eigenvalue weighted by molar-refractivity contribution is 5.87. The number of ether oxygens (including phenoxy) is 1. The van der Waals surface area contributed by atoms with Crippen molar-refractivity contribution >= 4 is 18.0 Å². The molecular formula is C27H34N2O5. The largest absolute Gasteiger partial charge is 0.481 e. The first-order valence-corrected chi connectivity index (χ1v) is 11.5. The number of carboxylic acid groups (broad SMARTS) is 1. The summed E-state index contributed by atoms with van der Waals surface area (Å²) in [6, 6.07) is 15.3. The zero-order valence-corrected chi connectivity index (χ0v) is 20.6. The maximum Gasteiger partial charge on any atom is 0.407 e. The summed E-state index contributed by atoms with van der Waals surface area (Å²) in [7, 11) is 0. The second-order valence-corrected chi connectivity index (χ2v) is 10.2. The predicted molar refractivity (Wildman–Crippen MR) is 130 cm³/mol. The number of benzene rings is 2. The molecule has 0 bridgehead atoms. The average Bonchev–Trinajstić information content (AvgIpc) is 3.09. The number of alkyl carbamates (subject to hydrolysis) is 1. The molecule has 0 fully saturated rings. The molecule has 3 rings (SSSR count). The molecule has 0 aliphatic heterocycles. The van der Waals surface area contributed by atoms with Gasteiger partial charge in [-0.05, 0) is 55.9 Å². The van der Waals surface area contributed by atoms with Crippen LogP contribution in [-0.4, -0.2) is 41.3 Å². The molecule has 1 atom stereocenters. The molecular weight excluding hydrogens is 432 g/mol. The fourth-order valence-electron chi connectivity index (χ4n) is 4.11. The molecule has 1 aliphatic carbocycles. The van der Waals surface area contributed by atoms with Crippen LogP contribution in [0, 0.1) is 11.3 Å². The van der Waals surface area contributed by atoms with E-state index in [0.29, 0.717) is 0 Å². The van der Waals surface area contributed by atoms with Crippen molar-refractivity contribution in [3.8, 4) is 11.1 Å². The lowest BCUT2D eigenvalue weighted by Gasteiger charge is -2.40. The lowest BCUT2D eigenvalue weighted by Crippen LogP contribution is -2.61. The molecule has 1 aliphatic rings. The second-order valence-electron chi connectivity index (χ2n) is 10.2. The Morgan fingerprint density at radius 1 is 0.941 bits per heavy atom. The van der Waals surface area contributed by atoms with Gasteiger partial charge in [0.15, 0.2) is 0 Å². The highest BCUT2D eigenvalue weighted by Crippen LogP contribution is 2.44. The van der Waals surface area contributed by atoms with Crippen LogP contribution in [0.15, 0.2) is 48.5 Å². The van der Waals surface area contributed by atoms with E-state index >= 15 is 0 Å². The number of aliphatic carboxylic acids is 1. The van der Waals surface area contributed by atoms with E-state index in [1.165, 1.54) is 0 Å². The molecule has 7 heteroatoms. The minimum atomic E-state index is -1.21. The van der Waals surface area contributed by atoms with Gasteiger partial charge in [0.1, 0.15) is 12.6 Å². The quantitative estimate of drug-likeness (QED) is 0.529. The van der Waals surface area contributed by atoms with Gasteiger partial charge in [0.05, 0.1) is 11.0 Å². The standard InChI is InChI=1S/C27H34N2O5/c1-16(2)22(23(30)29-27(5,6)26(3,4)24(31)32)28-25(33)34-15-21-19-13-9-7-11-17(19)18-12-8-10-14-20(18)21/h7-14,16,21-22H,15H2,1-6H3,(H,28,33)(H,29,30)(H,31,32)/t22-/m0/s1. The highest BCUT2D eigenvalue weighted by Gasteiger charge is 2.45. The third-order valence-electron chi connectivity index (χ3n) is 7.10. The monoisotopic (exact) mass is 466 g/mol. The van der Waals surface area contributed by atoms with E-state index in [-0.39, 0.29) is 18.4 Å². The van der Waals surface area contributed by atoms with Crippen LogP contribution in [0.3, 0.4) is 0 Å². The number of rotatable bonds is 8. The van der Waals surface area contributed by atoms with Crippen LogP contribution in [0.4, 0.5) is 4.79 Å². The van der Waals surface area contributed by atoms with E-state index in [2.05, 4.69) is 22.8 Å². The molecule has 0 radical (unpaired) electrons. The smallest absolute Gasteiger partial charge is 0.407 e. The second kappa shape index (κ2) is 9.49. The van der Waals surface area contributed by atoms with Crippen LogP contribution < -0.4 is 10.6 Å². The normalized spacial score (nSPS) is 14.2. The van der Waals surface area contributed by atoms with Gasteiger partial charge < -0.3 is 20.5 Å². The van der Waals surface area contributed by atoms with Crippen molar-refractivity contribution in [2.24, 2.45) is 11.3 Å². The number of nitrogens with one attached hydrogen (secondary N) is 2. The Bertz CT molecular complexity index is 1040. The Labute approximate surface area is 200 Å². The highest BCUT2D eigenvalue weighted by atomic mass is 16.5. The van der Waals surface area contributed by atoms with Gasteiger partial charge in [0.25, 0.3) is 0 Å². The number of carbonyl (C=O) groups excluding carboxylic acids is 2. The van der Waals surface area contributed by atoms with E-state index in [0.717, 1.165) is 22.3 Å². The van der Waals surface area contributed by atoms with E-state index in [1.807, 2.05) is 50.2 Å².